The van der Waals surface area contributed by atoms with E-state index in [1.165, 1.54) is 11.3 Å². The molecule has 0 saturated carbocycles. The molecule has 4 nitrogen and oxygen atoms in total. The first kappa shape index (κ1) is 18.7. The van der Waals surface area contributed by atoms with Gasteiger partial charge >= 0.3 is 0 Å². The van der Waals surface area contributed by atoms with Crippen molar-refractivity contribution in [3.05, 3.63) is 59.7 Å². The van der Waals surface area contributed by atoms with Gasteiger partial charge in [0, 0.05) is 32.7 Å². The van der Waals surface area contributed by atoms with Crippen LogP contribution in [0.5, 0.6) is 5.75 Å². The molecule has 1 aliphatic rings. The standard InChI is InChI=1S/C22H30N2O2/c1-4-22(2,25)19-9-7-8-18(16-19)17-23-12-14-24(15-13-23)20-10-5-6-11-21(20)26-3/h5-11,16,25H,4,12-15,17H2,1-3H3. The molecule has 0 radical (unpaired) electrons. The van der Waals surface area contributed by atoms with Crippen LogP contribution in [0.4, 0.5) is 5.69 Å². The van der Waals surface area contributed by atoms with Gasteiger partial charge < -0.3 is 14.7 Å². The summed E-state index contributed by atoms with van der Waals surface area (Å²) in [6, 6.07) is 16.6. The van der Waals surface area contributed by atoms with Crippen molar-refractivity contribution in [2.24, 2.45) is 0 Å². The van der Waals surface area contributed by atoms with Crippen molar-refractivity contribution in [1.82, 2.24) is 4.90 Å². The Morgan fingerprint density at radius 1 is 1.04 bits per heavy atom. The van der Waals surface area contributed by atoms with Gasteiger partial charge in [-0.15, -0.1) is 0 Å². The average Bonchev–Trinajstić information content (AvgIpc) is 2.69. The number of nitrogens with zero attached hydrogens (tertiary/aromatic N) is 2. The van der Waals surface area contributed by atoms with Gasteiger partial charge in [-0.1, -0.05) is 43.3 Å². The summed E-state index contributed by atoms with van der Waals surface area (Å²) in [5, 5.41) is 10.5. The van der Waals surface area contributed by atoms with Gasteiger partial charge in [0.2, 0.25) is 0 Å². The second-order valence-corrected chi connectivity index (χ2v) is 7.26. The summed E-state index contributed by atoms with van der Waals surface area (Å²) < 4.78 is 5.50. The summed E-state index contributed by atoms with van der Waals surface area (Å²) in [4.78, 5) is 4.87. The van der Waals surface area contributed by atoms with Gasteiger partial charge in [0.25, 0.3) is 0 Å². The minimum Gasteiger partial charge on any atom is -0.495 e. The molecule has 0 amide bonds. The zero-order chi connectivity index (χ0) is 18.6. The van der Waals surface area contributed by atoms with Crippen LogP contribution < -0.4 is 9.64 Å². The van der Waals surface area contributed by atoms with E-state index < -0.39 is 5.60 Å². The molecule has 1 saturated heterocycles. The SMILES string of the molecule is CCC(C)(O)c1cccc(CN2CCN(c3ccccc3OC)CC2)c1. The van der Waals surface area contributed by atoms with Gasteiger partial charge in [0.1, 0.15) is 5.75 Å². The molecule has 1 atom stereocenters. The third-order valence-corrected chi connectivity index (χ3v) is 5.44. The van der Waals surface area contributed by atoms with Gasteiger partial charge in [-0.2, -0.15) is 0 Å². The lowest BCUT2D eigenvalue weighted by molar-refractivity contribution is 0.0529. The van der Waals surface area contributed by atoms with Crippen LogP contribution in [0.1, 0.15) is 31.4 Å². The average molecular weight is 354 g/mol. The van der Waals surface area contributed by atoms with Crippen LogP contribution in [-0.2, 0) is 12.1 Å². The summed E-state index contributed by atoms with van der Waals surface area (Å²) in [7, 11) is 1.73. The number of rotatable bonds is 6. The quantitative estimate of drug-likeness (QED) is 0.859. The molecule has 140 valence electrons. The topological polar surface area (TPSA) is 35.9 Å². The highest BCUT2D eigenvalue weighted by Crippen LogP contribution is 2.29. The van der Waals surface area contributed by atoms with E-state index in [-0.39, 0.29) is 0 Å². The number of piperazine rings is 1. The molecule has 1 unspecified atom stereocenters. The molecule has 1 fully saturated rings. The highest BCUT2D eigenvalue weighted by Gasteiger charge is 2.22. The number of anilines is 1. The Morgan fingerprint density at radius 2 is 1.77 bits per heavy atom. The van der Waals surface area contributed by atoms with Gasteiger partial charge in [-0.05, 0) is 36.6 Å². The van der Waals surface area contributed by atoms with Gasteiger partial charge in [0.15, 0.2) is 0 Å². The molecule has 1 heterocycles. The molecular formula is C22H30N2O2. The number of ether oxygens (including phenoxy) is 1. The molecule has 26 heavy (non-hydrogen) atoms. The molecule has 2 aromatic rings. The highest BCUT2D eigenvalue weighted by molar-refractivity contribution is 5.58. The second-order valence-electron chi connectivity index (χ2n) is 7.26. The molecule has 1 N–H and O–H groups in total. The number of hydrogen-bond donors (Lipinski definition) is 1. The van der Waals surface area contributed by atoms with Crippen LogP contribution in [-0.4, -0.2) is 43.3 Å². The van der Waals surface area contributed by atoms with Crippen LogP contribution in [0.2, 0.25) is 0 Å². The Labute approximate surface area is 157 Å². The van der Waals surface area contributed by atoms with Crippen molar-refractivity contribution in [3.8, 4) is 5.75 Å². The lowest BCUT2D eigenvalue weighted by Crippen LogP contribution is -2.46. The molecular weight excluding hydrogens is 324 g/mol. The fourth-order valence-electron chi connectivity index (χ4n) is 3.50. The van der Waals surface area contributed by atoms with Crippen LogP contribution in [0.3, 0.4) is 0 Å². The molecule has 4 heteroatoms. The normalized spacial score (nSPS) is 17.8. The van der Waals surface area contributed by atoms with Gasteiger partial charge in [-0.3, -0.25) is 4.90 Å². The second kappa shape index (κ2) is 8.11. The first-order valence-electron chi connectivity index (χ1n) is 9.45. The summed E-state index contributed by atoms with van der Waals surface area (Å²) in [5.74, 6) is 0.940. The van der Waals surface area contributed by atoms with Crippen molar-refractivity contribution in [3.63, 3.8) is 0 Å². The lowest BCUT2D eigenvalue weighted by Gasteiger charge is -2.36. The van der Waals surface area contributed by atoms with Gasteiger partial charge in [0.05, 0.1) is 18.4 Å². The third-order valence-electron chi connectivity index (χ3n) is 5.44. The Kier molecular flexibility index (Phi) is 5.84. The van der Waals surface area contributed by atoms with Crippen LogP contribution in [0.25, 0.3) is 0 Å². The minimum absolute atomic E-state index is 0.716. The van der Waals surface area contributed by atoms with Crippen LogP contribution >= 0.6 is 0 Å². The largest absolute Gasteiger partial charge is 0.495 e. The third kappa shape index (κ3) is 4.19. The lowest BCUT2D eigenvalue weighted by atomic mass is 9.92. The first-order valence-corrected chi connectivity index (χ1v) is 9.45. The van der Waals surface area contributed by atoms with E-state index >= 15 is 0 Å². The van der Waals surface area contributed by atoms with Crippen molar-refractivity contribution >= 4 is 5.69 Å². The zero-order valence-corrected chi connectivity index (χ0v) is 16.1. The summed E-state index contributed by atoms with van der Waals surface area (Å²) in [6.45, 7) is 8.85. The number of para-hydroxylation sites is 2. The molecule has 0 spiro atoms. The van der Waals surface area contributed by atoms with Crippen LogP contribution in [0.15, 0.2) is 48.5 Å². The van der Waals surface area contributed by atoms with Gasteiger partial charge in [-0.25, -0.2) is 0 Å². The van der Waals surface area contributed by atoms with E-state index in [2.05, 4.69) is 40.1 Å². The maximum absolute atomic E-state index is 10.5. The summed E-state index contributed by atoms with van der Waals surface area (Å²) >= 11 is 0. The molecule has 0 aliphatic carbocycles. The fraction of sp³-hybridized carbons (Fsp3) is 0.455. The maximum Gasteiger partial charge on any atom is 0.142 e. The van der Waals surface area contributed by atoms with Crippen LogP contribution in [0, 0.1) is 0 Å². The summed E-state index contributed by atoms with van der Waals surface area (Å²) in [5.41, 5.74) is 2.70. The molecule has 0 aromatic heterocycles. The Balaban J connectivity index is 1.62. The molecule has 1 aliphatic heterocycles. The number of aliphatic hydroxyl groups is 1. The molecule has 0 bridgehead atoms. The summed E-state index contributed by atoms with van der Waals surface area (Å²) in [6.07, 6.45) is 0.716. The smallest absolute Gasteiger partial charge is 0.142 e. The van der Waals surface area contributed by atoms with E-state index in [0.717, 1.165) is 44.0 Å². The Hall–Kier alpha value is -2.04. The van der Waals surface area contributed by atoms with E-state index in [1.807, 2.05) is 32.0 Å². The monoisotopic (exact) mass is 354 g/mol. The van der Waals surface area contributed by atoms with Crippen molar-refractivity contribution < 1.29 is 9.84 Å². The number of methoxy groups -OCH3 is 1. The molecule has 3 rings (SSSR count). The number of benzene rings is 2. The van der Waals surface area contributed by atoms with E-state index in [9.17, 15) is 5.11 Å². The van der Waals surface area contributed by atoms with E-state index in [1.54, 1.807) is 7.11 Å². The first-order chi connectivity index (χ1) is 12.5. The minimum atomic E-state index is -0.751. The predicted molar refractivity (Wildman–Crippen MR) is 107 cm³/mol. The Morgan fingerprint density at radius 3 is 2.46 bits per heavy atom. The Bertz CT molecular complexity index is 722. The van der Waals surface area contributed by atoms with Crippen molar-refractivity contribution in [2.75, 3.05) is 38.2 Å². The molecule has 2 aromatic carbocycles. The maximum atomic E-state index is 10.5. The van der Waals surface area contributed by atoms with Crippen molar-refractivity contribution in [1.29, 1.82) is 0 Å². The highest BCUT2D eigenvalue weighted by atomic mass is 16.5. The fourth-order valence-corrected chi connectivity index (χ4v) is 3.50. The van der Waals surface area contributed by atoms with Crippen molar-refractivity contribution in [2.45, 2.75) is 32.4 Å². The number of hydrogen-bond acceptors (Lipinski definition) is 4. The zero-order valence-electron chi connectivity index (χ0n) is 16.1. The predicted octanol–water partition coefficient (Wildman–Crippen LogP) is 3.63. The van der Waals surface area contributed by atoms with E-state index in [0.29, 0.717) is 6.42 Å². The van der Waals surface area contributed by atoms with E-state index in [4.69, 9.17) is 4.74 Å².